The van der Waals surface area contributed by atoms with Gasteiger partial charge in [-0.25, -0.2) is 0 Å². The van der Waals surface area contributed by atoms with Crippen molar-refractivity contribution < 1.29 is 0 Å². The Balaban J connectivity index is 2.06. The Morgan fingerprint density at radius 2 is 2.05 bits per heavy atom. The Bertz CT molecular complexity index is 747. The van der Waals surface area contributed by atoms with E-state index in [1.807, 2.05) is 12.1 Å². The van der Waals surface area contributed by atoms with Crippen molar-refractivity contribution in [2.45, 2.75) is 0 Å². The molecule has 96 valence electrons. The van der Waals surface area contributed by atoms with Crippen molar-refractivity contribution in [2.24, 2.45) is 17.3 Å². The summed E-state index contributed by atoms with van der Waals surface area (Å²) in [6.07, 6.45) is 0. The predicted molar refractivity (Wildman–Crippen MR) is 70.1 cm³/mol. The Kier molecular flexibility index (Phi) is 2.37. The van der Waals surface area contributed by atoms with Gasteiger partial charge in [-0.15, -0.1) is 10.2 Å². The van der Waals surface area contributed by atoms with Gasteiger partial charge in [-0.3, -0.25) is 5.10 Å². The fraction of sp³-hybridized carbons (Fsp3) is 0.100. The van der Waals surface area contributed by atoms with Gasteiger partial charge in [-0.05, 0) is 12.1 Å². The molecule has 0 saturated carbocycles. The average molecular weight is 257 g/mol. The summed E-state index contributed by atoms with van der Waals surface area (Å²) in [5.41, 5.74) is 13.6. The van der Waals surface area contributed by atoms with Crippen LogP contribution < -0.4 is 11.5 Å². The number of nitrogens with one attached hydrogen (secondary N) is 1. The summed E-state index contributed by atoms with van der Waals surface area (Å²) in [6.45, 7) is 0. The number of aryl methyl sites for hydroxylation is 1. The first-order valence-corrected chi connectivity index (χ1v) is 5.46. The highest BCUT2D eigenvalue weighted by Gasteiger charge is 2.08. The number of rotatable bonds is 2. The molecule has 3 aromatic rings. The zero-order chi connectivity index (χ0) is 13.4. The molecule has 2 heterocycles. The summed E-state index contributed by atoms with van der Waals surface area (Å²) < 4.78 is 0. The second-order valence-electron chi connectivity index (χ2n) is 3.91. The molecular weight excluding hydrogens is 246 g/mol. The Hall–Kier alpha value is -2.97. The van der Waals surface area contributed by atoms with Crippen LogP contribution in [-0.2, 0) is 7.05 Å². The fourth-order valence-corrected chi connectivity index (χ4v) is 1.68. The quantitative estimate of drug-likeness (QED) is 0.594. The van der Waals surface area contributed by atoms with Gasteiger partial charge < -0.3 is 11.5 Å². The van der Waals surface area contributed by atoms with E-state index in [0.717, 1.165) is 5.52 Å². The number of nitrogens with zero attached hydrogens (tertiary/aromatic N) is 6. The molecule has 5 N–H and O–H groups in total. The van der Waals surface area contributed by atoms with Gasteiger partial charge >= 0.3 is 0 Å². The van der Waals surface area contributed by atoms with Crippen LogP contribution in [0.3, 0.4) is 0 Å². The Labute approximate surface area is 107 Å². The first kappa shape index (κ1) is 11.1. The van der Waals surface area contributed by atoms with E-state index >= 15 is 0 Å². The van der Waals surface area contributed by atoms with Crippen LogP contribution in [0.25, 0.3) is 11.0 Å². The number of aromatic nitrogens is 5. The summed E-state index contributed by atoms with van der Waals surface area (Å²) in [4.78, 5) is 1.48. The van der Waals surface area contributed by atoms with Gasteiger partial charge in [-0.1, -0.05) is 6.07 Å². The first-order chi connectivity index (χ1) is 9.15. The summed E-state index contributed by atoms with van der Waals surface area (Å²) >= 11 is 0. The number of anilines is 2. The predicted octanol–water partition coefficient (Wildman–Crippen LogP) is 1.27. The molecule has 0 aliphatic heterocycles. The molecule has 0 radical (unpaired) electrons. The average Bonchev–Trinajstić information content (AvgIpc) is 2.90. The van der Waals surface area contributed by atoms with Crippen LogP contribution in [0.2, 0.25) is 0 Å². The van der Waals surface area contributed by atoms with E-state index < -0.39 is 0 Å². The number of nitrogens with two attached hydrogens (primary N) is 2. The van der Waals surface area contributed by atoms with Crippen LogP contribution in [0.4, 0.5) is 23.0 Å². The van der Waals surface area contributed by atoms with E-state index in [4.69, 9.17) is 11.5 Å². The van der Waals surface area contributed by atoms with Crippen LogP contribution in [0.15, 0.2) is 28.4 Å². The smallest absolute Gasteiger partial charge is 0.175 e. The van der Waals surface area contributed by atoms with E-state index in [0.29, 0.717) is 16.9 Å². The molecule has 0 saturated heterocycles. The molecule has 0 aliphatic rings. The second kappa shape index (κ2) is 4.05. The number of azo groups is 1. The summed E-state index contributed by atoms with van der Waals surface area (Å²) in [6, 6.07) is 5.46. The minimum atomic E-state index is 0.201. The molecule has 0 aliphatic carbocycles. The molecule has 0 spiro atoms. The molecule has 9 nitrogen and oxygen atoms in total. The van der Waals surface area contributed by atoms with Crippen molar-refractivity contribution in [1.82, 2.24) is 25.2 Å². The van der Waals surface area contributed by atoms with Crippen molar-refractivity contribution in [3.8, 4) is 0 Å². The lowest BCUT2D eigenvalue weighted by molar-refractivity contribution is 0.665. The molecule has 1 aromatic carbocycles. The number of nitrogen functional groups attached to an aromatic ring is 2. The molecule has 0 atom stereocenters. The number of hydrogen-bond donors (Lipinski definition) is 3. The van der Waals surface area contributed by atoms with Gasteiger partial charge in [0, 0.05) is 7.05 Å². The SMILES string of the molecule is Cn1nc2cccc(N=Nc3c(N)n[nH]c3N)c2n1. The van der Waals surface area contributed by atoms with Gasteiger partial charge in [-0.2, -0.15) is 20.1 Å². The van der Waals surface area contributed by atoms with E-state index in [-0.39, 0.29) is 11.6 Å². The number of fused-ring (bicyclic) bond motifs is 1. The molecule has 9 heteroatoms. The first-order valence-electron chi connectivity index (χ1n) is 5.46. The zero-order valence-electron chi connectivity index (χ0n) is 10.1. The maximum Gasteiger partial charge on any atom is 0.175 e. The van der Waals surface area contributed by atoms with Crippen LogP contribution in [0.1, 0.15) is 0 Å². The van der Waals surface area contributed by atoms with Crippen molar-refractivity contribution >= 4 is 34.0 Å². The third-order valence-corrected chi connectivity index (χ3v) is 2.54. The van der Waals surface area contributed by atoms with Crippen LogP contribution in [0.5, 0.6) is 0 Å². The van der Waals surface area contributed by atoms with E-state index in [9.17, 15) is 0 Å². The molecule has 0 amide bonds. The molecule has 0 unspecified atom stereocenters. The van der Waals surface area contributed by atoms with Gasteiger partial charge in [0.2, 0.25) is 0 Å². The van der Waals surface area contributed by atoms with Gasteiger partial charge in [0.15, 0.2) is 11.5 Å². The zero-order valence-corrected chi connectivity index (χ0v) is 10.1. The maximum absolute atomic E-state index is 5.64. The highest BCUT2D eigenvalue weighted by Crippen LogP contribution is 2.30. The van der Waals surface area contributed by atoms with Gasteiger partial charge in [0.1, 0.15) is 22.5 Å². The summed E-state index contributed by atoms with van der Waals surface area (Å²) in [5.74, 6) is 0.472. The standard InChI is InChI=1S/C10H11N9/c1-19-17-6-4-2-3-5(7(6)18-19)13-14-8-9(11)15-16-10(8)12/h2-4H,1H3,(H5,11,12,15,16). The van der Waals surface area contributed by atoms with Crippen molar-refractivity contribution in [3.63, 3.8) is 0 Å². The van der Waals surface area contributed by atoms with Gasteiger partial charge in [0.05, 0.1) is 0 Å². The highest BCUT2D eigenvalue weighted by molar-refractivity contribution is 5.85. The molecule has 19 heavy (non-hydrogen) atoms. The van der Waals surface area contributed by atoms with Gasteiger partial charge in [0.25, 0.3) is 0 Å². The number of H-pyrrole nitrogens is 1. The minimum absolute atomic E-state index is 0.201. The topological polar surface area (TPSA) is 136 Å². The minimum Gasteiger partial charge on any atom is -0.382 e. The molecule has 0 fully saturated rings. The van der Waals surface area contributed by atoms with E-state index in [1.54, 1.807) is 13.1 Å². The summed E-state index contributed by atoms with van der Waals surface area (Å²) in [7, 11) is 1.74. The fourth-order valence-electron chi connectivity index (χ4n) is 1.68. The van der Waals surface area contributed by atoms with Crippen LogP contribution in [0, 0.1) is 0 Å². The largest absolute Gasteiger partial charge is 0.382 e. The van der Waals surface area contributed by atoms with Crippen molar-refractivity contribution in [1.29, 1.82) is 0 Å². The van der Waals surface area contributed by atoms with Crippen LogP contribution >= 0.6 is 0 Å². The van der Waals surface area contributed by atoms with E-state index in [1.165, 1.54) is 4.80 Å². The molecule has 0 bridgehead atoms. The molecular formula is C10H11N9. The third kappa shape index (κ3) is 1.86. The lowest BCUT2D eigenvalue weighted by Gasteiger charge is -1.93. The number of benzene rings is 1. The maximum atomic E-state index is 5.64. The van der Waals surface area contributed by atoms with E-state index in [2.05, 4.69) is 30.6 Å². The lowest BCUT2D eigenvalue weighted by atomic mass is 10.3. The Morgan fingerprint density at radius 1 is 1.21 bits per heavy atom. The number of hydrogen-bond acceptors (Lipinski definition) is 7. The third-order valence-electron chi connectivity index (χ3n) is 2.54. The lowest BCUT2D eigenvalue weighted by Crippen LogP contribution is -1.90. The Morgan fingerprint density at radius 3 is 2.79 bits per heavy atom. The second-order valence-corrected chi connectivity index (χ2v) is 3.91. The highest BCUT2D eigenvalue weighted by atomic mass is 15.5. The van der Waals surface area contributed by atoms with Crippen molar-refractivity contribution in [3.05, 3.63) is 18.2 Å². The molecule has 2 aromatic heterocycles. The summed E-state index contributed by atoms with van der Waals surface area (Å²) in [5, 5.41) is 22.8. The van der Waals surface area contributed by atoms with Crippen LogP contribution in [-0.4, -0.2) is 25.2 Å². The van der Waals surface area contributed by atoms with Crippen molar-refractivity contribution in [2.75, 3.05) is 11.5 Å². The number of aromatic amines is 1. The molecule has 3 rings (SSSR count). The monoisotopic (exact) mass is 257 g/mol. The normalized spacial score (nSPS) is 11.6.